The summed E-state index contributed by atoms with van der Waals surface area (Å²) in [7, 11) is 1.63. The fourth-order valence-corrected chi connectivity index (χ4v) is 3.00. The summed E-state index contributed by atoms with van der Waals surface area (Å²) in [4.78, 5) is 13.6. The molecule has 19 heavy (non-hydrogen) atoms. The molecular weight excluding hydrogens is 242 g/mol. The van der Waals surface area contributed by atoms with Gasteiger partial charge in [0.2, 0.25) is 0 Å². The highest BCUT2D eigenvalue weighted by atomic mass is 16.5. The molecule has 0 amide bonds. The minimum absolute atomic E-state index is 0.0743. The summed E-state index contributed by atoms with van der Waals surface area (Å²) >= 11 is 0. The van der Waals surface area contributed by atoms with Crippen LogP contribution < -0.4 is 0 Å². The van der Waals surface area contributed by atoms with Gasteiger partial charge in [0.15, 0.2) is 0 Å². The molecule has 1 unspecified atom stereocenters. The third-order valence-corrected chi connectivity index (χ3v) is 3.85. The Hall–Kier alpha value is -1.39. The Morgan fingerprint density at radius 3 is 2.47 bits per heavy atom. The van der Waals surface area contributed by atoms with Crippen LogP contribution >= 0.6 is 0 Å². The highest BCUT2D eigenvalue weighted by Crippen LogP contribution is 2.35. The van der Waals surface area contributed by atoms with Crippen LogP contribution in [0.25, 0.3) is 0 Å². The normalized spacial score (nSPS) is 19.2. The van der Waals surface area contributed by atoms with Gasteiger partial charge in [-0.2, -0.15) is 0 Å². The molecule has 1 aromatic rings. The Morgan fingerprint density at radius 2 is 1.95 bits per heavy atom. The van der Waals surface area contributed by atoms with Crippen molar-refractivity contribution in [1.29, 1.82) is 0 Å². The first-order valence-corrected chi connectivity index (χ1v) is 6.70. The molecule has 1 saturated heterocycles. The lowest BCUT2D eigenvalue weighted by molar-refractivity contribution is -0.142. The Labute approximate surface area is 114 Å². The van der Waals surface area contributed by atoms with E-state index in [1.54, 1.807) is 7.11 Å². The second-order valence-corrected chi connectivity index (χ2v) is 5.10. The number of hydrogen-bond donors (Lipinski definition) is 1. The van der Waals surface area contributed by atoms with Gasteiger partial charge in [-0.25, -0.2) is 0 Å². The third-order valence-electron chi connectivity index (χ3n) is 3.85. The quantitative estimate of drug-likeness (QED) is 0.854. The zero-order valence-electron chi connectivity index (χ0n) is 11.3. The lowest BCUT2D eigenvalue weighted by Gasteiger charge is -2.41. The Bertz CT molecular complexity index is 415. The number of aliphatic carboxylic acids is 1. The zero-order valence-corrected chi connectivity index (χ0v) is 11.3. The summed E-state index contributed by atoms with van der Waals surface area (Å²) in [6.07, 6.45) is 2.32. The van der Waals surface area contributed by atoms with E-state index in [2.05, 4.69) is 4.90 Å². The molecule has 0 aromatic heterocycles. The maximum absolute atomic E-state index is 11.3. The smallest absolute Gasteiger partial charge is 0.305 e. The Morgan fingerprint density at radius 1 is 1.32 bits per heavy atom. The minimum atomic E-state index is -0.784. The highest BCUT2D eigenvalue weighted by molar-refractivity contribution is 5.69. The summed E-state index contributed by atoms with van der Waals surface area (Å²) in [5.41, 5.74) is 0.486. The Balaban J connectivity index is 2.41. The lowest BCUT2D eigenvalue weighted by Crippen LogP contribution is -2.49. The average molecular weight is 263 g/mol. The van der Waals surface area contributed by atoms with Gasteiger partial charge in [-0.1, -0.05) is 30.3 Å². The molecule has 1 aromatic carbocycles. The number of rotatable bonds is 6. The molecule has 0 aliphatic carbocycles. The second kappa shape index (κ2) is 6.17. The number of carboxylic acid groups (broad SMARTS) is 1. The molecular formula is C15H21NO3. The molecule has 1 aliphatic rings. The summed E-state index contributed by atoms with van der Waals surface area (Å²) in [6.45, 7) is 2.28. The maximum Gasteiger partial charge on any atom is 0.305 e. The lowest BCUT2D eigenvalue weighted by atomic mass is 9.85. The molecule has 0 saturated carbocycles. The molecule has 104 valence electrons. The van der Waals surface area contributed by atoms with Crippen LogP contribution in [-0.2, 0) is 15.1 Å². The van der Waals surface area contributed by atoms with E-state index < -0.39 is 11.5 Å². The van der Waals surface area contributed by atoms with Crippen molar-refractivity contribution in [3.8, 4) is 0 Å². The third kappa shape index (κ3) is 2.96. The van der Waals surface area contributed by atoms with Gasteiger partial charge in [0.1, 0.15) is 0 Å². The largest absolute Gasteiger partial charge is 0.481 e. The highest BCUT2D eigenvalue weighted by Gasteiger charge is 2.41. The van der Waals surface area contributed by atoms with Crippen LogP contribution in [0.5, 0.6) is 0 Å². The number of nitrogens with zero attached hydrogens (tertiary/aromatic N) is 1. The van der Waals surface area contributed by atoms with Crippen molar-refractivity contribution in [2.45, 2.75) is 24.8 Å². The van der Waals surface area contributed by atoms with Crippen molar-refractivity contribution in [1.82, 2.24) is 4.90 Å². The predicted molar refractivity (Wildman–Crippen MR) is 73.1 cm³/mol. The van der Waals surface area contributed by atoms with Gasteiger partial charge < -0.3 is 9.84 Å². The molecule has 0 radical (unpaired) electrons. The first-order chi connectivity index (χ1) is 9.19. The van der Waals surface area contributed by atoms with Crippen molar-refractivity contribution in [2.24, 2.45) is 0 Å². The van der Waals surface area contributed by atoms with E-state index in [1.807, 2.05) is 30.3 Å². The van der Waals surface area contributed by atoms with Crippen LogP contribution in [-0.4, -0.2) is 42.8 Å². The number of benzene rings is 1. The second-order valence-electron chi connectivity index (χ2n) is 5.10. The SMILES string of the molecule is COCC(CC(=O)O)(c1ccccc1)N1CCCC1. The number of methoxy groups -OCH3 is 1. The van der Waals surface area contributed by atoms with Crippen LogP contribution in [0.2, 0.25) is 0 Å². The fourth-order valence-electron chi connectivity index (χ4n) is 3.00. The van der Waals surface area contributed by atoms with E-state index in [0.717, 1.165) is 31.5 Å². The molecule has 0 spiro atoms. The van der Waals surface area contributed by atoms with Gasteiger partial charge in [0.05, 0.1) is 18.6 Å². The predicted octanol–water partition coefficient (Wildman–Crippen LogP) is 2.10. The van der Waals surface area contributed by atoms with Gasteiger partial charge in [0.25, 0.3) is 0 Å². The van der Waals surface area contributed by atoms with Crippen LogP contribution in [0.15, 0.2) is 30.3 Å². The van der Waals surface area contributed by atoms with Crippen molar-refractivity contribution in [3.05, 3.63) is 35.9 Å². The number of ether oxygens (including phenoxy) is 1. The standard InChI is InChI=1S/C15H21NO3/c1-19-12-15(11-14(17)18,16-9-5-6-10-16)13-7-3-2-4-8-13/h2-4,7-8H,5-6,9-12H2,1H3,(H,17,18). The molecule has 1 aliphatic heterocycles. The molecule has 2 rings (SSSR count). The summed E-state index contributed by atoms with van der Waals surface area (Å²) < 4.78 is 5.37. The van der Waals surface area contributed by atoms with Crippen LogP contribution in [0.1, 0.15) is 24.8 Å². The van der Waals surface area contributed by atoms with Gasteiger partial charge in [0, 0.05) is 7.11 Å². The van der Waals surface area contributed by atoms with E-state index >= 15 is 0 Å². The first kappa shape index (κ1) is 14.0. The number of likely N-dealkylation sites (tertiary alicyclic amines) is 1. The van der Waals surface area contributed by atoms with Crippen LogP contribution in [0, 0.1) is 0 Å². The minimum Gasteiger partial charge on any atom is -0.481 e. The molecule has 1 N–H and O–H groups in total. The van der Waals surface area contributed by atoms with Gasteiger partial charge in [-0.15, -0.1) is 0 Å². The summed E-state index contributed by atoms with van der Waals surface area (Å²) in [6, 6.07) is 9.86. The van der Waals surface area contributed by atoms with E-state index in [1.165, 1.54) is 0 Å². The fraction of sp³-hybridized carbons (Fsp3) is 0.533. The van der Waals surface area contributed by atoms with Crippen molar-refractivity contribution in [2.75, 3.05) is 26.8 Å². The molecule has 4 nitrogen and oxygen atoms in total. The number of carboxylic acids is 1. The van der Waals surface area contributed by atoms with Crippen molar-refractivity contribution in [3.63, 3.8) is 0 Å². The number of hydrogen-bond acceptors (Lipinski definition) is 3. The molecule has 1 atom stereocenters. The van der Waals surface area contributed by atoms with Gasteiger partial charge in [-0.05, 0) is 31.5 Å². The first-order valence-electron chi connectivity index (χ1n) is 6.70. The Kier molecular flexibility index (Phi) is 4.56. The zero-order chi connectivity index (χ0) is 13.7. The van der Waals surface area contributed by atoms with E-state index in [4.69, 9.17) is 4.74 Å². The van der Waals surface area contributed by atoms with Crippen LogP contribution in [0.3, 0.4) is 0 Å². The molecule has 1 heterocycles. The molecule has 4 heteroatoms. The van der Waals surface area contributed by atoms with E-state index in [0.29, 0.717) is 6.61 Å². The average Bonchev–Trinajstić information content (AvgIpc) is 2.93. The maximum atomic E-state index is 11.3. The van der Waals surface area contributed by atoms with Gasteiger partial charge >= 0.3 is 5.97 Å². The monoisotopic (exact) mass is 263 g/mol. The topological polar surface area (TPSA) is 49.8 Å². The van der Waals surface area contributed by atoms with Crippen molar-refractivity contribution < 1.29 is 14.6 Å². The summed E-state index contributed by atoms with van der Waals surface area (Å²) in [5.74, 6) is -0.784. The van der Waals surface area contributed by atoms with E-state index in [9.17, 15) is 9.90 Å². The molecule has 1 fully saturated rings. The van der Waals surface area contributed by atoms with E-state index in [-0.39, 0.29) is 6.42 Å². The number of carbonyl (C=O) groups is 1. The molecule has 0 bridgehead atoms. The van der Waals surface area contributed by atoms with Crippen molar-refractivity contribution >= 4 is 5.97 Å². The van der Waals surface area contributed by atoms with Gasteiger partial charge in [-0.3, -0.25) is 9.69 Å². The van der Waals surface area contributed by atoms with Crippen LogP contribution in [0.4, 0.5) is 0 Å². The summed E-state index contributed by atoms with van der Waals surface area (Å²) in [5, 5.41) is 9.32.